The molecule has 0 saturated carbocycles. The Labute approximate surface area is 274 Å². The Morgan fingerprint density at radius 3 is 1.73 bits per heavy atom. The van der Waals surface area contributed by atoms with Gasteiger partial charge in [0.2, 0.25) is 5.91 Å². The summed E-state index contributed by atoms with van der Waals surface area (Å²) in [6.45, 7) is 3.72. The lowest BCUT2D eigenvalue weighted by molar-refractivity contribution is -0.302. The molecule has 0 spiro atoms. The largest absolute Gasteiger partial charge is 0.394 e. The molecule has 1 rings (SSSR count). The number of ether oxygens (including phenoxy) is 2. The van der Waals surface area contributed by atoms with Crippen LogP contribution >= 0.6 is 0 Å². The molecule has 1 saturated heterocycles. The smallest absolute Gasteiger partial charge is 0.220 e. The number of amides is 1. The second kappa shape index (κ2) is 28.0. The molecule has 1 fully saturated rings. The number of rotatable bonds is 29. The third kappa shape index (κ3) is 20.0. The van der Waals surface area contributed by atoms with Crippen molar-refractivity contribution >= 4 is 5.91 Å². The Bertz CT molecular complexity index is 721. The molecule has 1 amide bonds. The molecule has 9 nitrogen and oxygen atoms in total. The number of unbranched alkanes of at least 4 members (excludes halogenated alkanes) is 19. The van der Waals surface area contributed by atoms with Gasteiger partial charge < -0.3 is 40.3 Å². The molecule has 7 atom stereocenters. The Morgan fingerprint density at radius 1 is 0.733 bits per heavy atom. The predicted molar refractivity (Wildman–Crippen MR) is 180 cm³/mol. The van der Waals surface area contributed by atoms with Crippen molar-refractivity contribution in [2.75, 3.05) is 13.2 Å². The molecule has 45 heavy (non-hydrogen) atoms. The minimum Gasteiger partial charge on any atom is -0.394 e. The molecule has 1 heterocycles. The molecular formula is C36H69NO8. The Balaban J connectivity index is 2.49. The second-order valence-electron chi connectivity index (χ2n) is 13.0. The van der Waals surface area contributed by atoms with E-state index in [1.54, 1.807) is 6.08 Å². The van der Waals surface area contributed by atoms with Crippen LogP contribution in [-0.4, -0.2) is 87.5 Å². The van der Waals surface area contributed by atoms with Gasteiger partial charge in [-0.05, 0) is 19.3 Å². The molecule has 266 valence electrons. The number of nitrogens with one attached hydrogen (secondary N) is 1. The summed E-state index contributed by atoms with van der Waals surface area (Å²) in [5.41, 5.74) is 0. The molecular weight excluding hydrogens is 574 g/mol. The van der Waals surface area contributed by atoms with E-state index in [1.165, 1.54) is 96.3 Å². The van der Waals surface area contributed by atoms with Gasteiger partial charge in [-0.2, -0.15) is 0 Å². The van der Waals surface area contributed by atoms with Gasteiger partial charge in [0.1, 0.15) is 24.4 Å². The third-order valence-electron chi connectivity index (χ3n) is 8.86. The molecule has 1 aliphatic heterocycles. The lowest BCUT2D eigenvalue weighted by atomic mass is 9.99. The van der Waals surface area contributed by atoms with E-state index in [-0.39, 0.29) is 12.5 Å². The van der Waals surface area contributed by atoms with Crippen LogP contribution in [0.5, 0.6) is 0 Å². The average Bonchev–Trinajstić information content (AvgIpc) is 3.04. The normalized spacial score (nSPS) is 23.4. The predicted octanol–water partition coefficient (Wildman–Crippen LogP) is 5.83. The fourth-order valence-corrected chi connectivity index (χ4v) is 5.80. The van der Waals surface area contributed by atoms with Gasteiger partial charge in [-0.25, -0.2) is 0 Å². The van der Waals surface area contributed by atoms with Gasteiger partial charge in [-0.15, -0.1) is 0 Å². The maximum absolute atomic E-state index is 12.8. The van der Waals surface area contributed by atoms with Crippen LogP contribution in [0.1, 0.15) is 155 Å². The van der Waals surface area contributed by atoms with Gasteiger partial charge in [0, 0.05) is 6.42 Å². The lowest BCUT2D eigenvalue weighted by Crippen LogP contribution is -2.60. The molecule has 0 aliphatic carbocycles. The van der Waals surface area contributed by atoms with E-state index in [4.69, 9.17) is 9.47 Å². The van der Waals surface area contributed by atoms with Crippen LogP contribution < -0.4 is 5.32 Å². The summed E-state index contributed by atoms with van der Waals surface area (Å²) in [4.78, 5) is 12.8. The minimum atomic E-state index is -1.56. The van der Waals surface area contributed by atoms with Gasteiger partial charge in [0.25, 0.3) is 0 Å². The van der Waals surface area contributed by atoms with Crippen LogP contribution in [0.4, 0.5) is 0 Å². The van der Waals surface area contributed by atoms with Crippen molar-refractivity contribution in [1.29, 1.82) is 0 Å². The molecule has 0 aromatic rings. The second-order valence-corrected chi connectivity index (χ2v) is 13.0. The number of aliphatic hydroxyl groups excluding tert-OH is 5. The summed E-state index contributed by atoms with van der Waals surface area (Å²) in [6.07, 6.45) is 21.1. The van der Waals surface area contributed by atoms with Crippen LogP contribution in [0.25, 0.3) is 0 Å². The number of carbonyl (C=O) groups excluding carboxylic acids is 1. The Hall–Kier alpha value is -1.07. The van der Waals surface area contributed by atoms with Crippen molar-refractivity contribution in [3.05, 3.63) is 12.2 Å². The van der Waals surface area contributed by atoms with Crippen LogP contribution in [0, 0.1) is 0 Å². The van der Waals surface area contributed by atoms with Gasteiger partial charge in [-0.3, -0.25) is 4.79 Å². The van der Waals surface area contributed by atoms with E-state index in [0.717, 1.165) is 38.5 Å². The van der Waals surface area contributed by atoms with E-state index in [9.17, 15) is 30.3 Å². The average molecular weight is 644 g/mol. The summed E-state index contributed by atoms with van der Waals surface area (Å²) in [6, 6.07) is -0.794. The van der Waals surface area contributed by atoms with Crippen LogP contribution in [-0.2, 0) is 14.3 Å². The SMILES string of the molecule is CCCCCCCCCCC/C=C/[C@@H](O)[C@H](CO[C@@H]1O[C@H](CO)[C@H](O)C(O)C1O)NC(=O)CCCCCCCCCCCCC. The first kappa shape index (κ1) is 42.0. The number of hydrogen-bond donors (Lipinski definition) is 6. The number of aliphatic hydroxyl groups is 5. The zero-order chi connectivity index (χ0) is 33.1. The summed E-state index contributed by atoms with van der Waals surface area (Å²) < 4.78 is 11.1. The van der Waals surface area contributed by atoms with E-state index >= 15 is 0 Å². The van der Waals surface area contributed by atoms with Crippen molar-refractivity contribution < 1.29 is 39.8 Å². The maximum Gasteiger partial charge on any atom is 0.220 e. The molecule has 9 heteroatoms. The van der Waals surface area contributed by atoms with Crippen molar-refractivity contribution in [3.8, 4) is 0 Å². The Kier molecular flexibility index (Phi) is 26.1. The highest BCUT2D eigenvalue weighted by Crippen LogP contribution is 2.22. The molecule has 0 bridgehead atoms. The van der Waals surface area contributed by atoms with Crippen molar-refractivity contribution in [2.24, 2.45) is 0 Å². The highest BCUT2D eigenvalue weighted by atomic mass is 16.7. The van der Waals surface area contributed by atoms with Crippen molar-refractivity contribution in [2.45, 2.75) is 198 Å². The minimum absolute atomic E-state index is 0.181. The maximum atomic E-state index is 12.8. The van der Waals surface area contributed by atoms with E-state index in [1.807, 2.05) is 6.08 Å². The van der Waals surface area contributed by atoms with E-state index in [2.05, 4.69) is 19.2 Å². The van der Waals surface area contributed by atoms with E-state index < -0.39 is 49.5 Å². The molecule has 1 aliphatic rings. The summed E-state index contributed by atoms with van der Waals surface area (Å²) >= 11 is 0. The quantitative estimate of drug-likeness (QED) is 0.0441. The summed E-state index contributed by atoms with van der Waals surface area (Å²) in [7, 11) is 0. The van der Waals surface area contributed by atoms with Gasteiger partial charge in [-0.1, -0.05) is 142 Å². The van der Waals surface area contributed by atoms with E-state index in [0.29, 0.717) is 6.42 Å². The van der Waals surface area contributed by atoms with Crippen LogP contribution in [0.3, 0.4) is 0 Å². The molecule has 0 radical (unpaired) electrons. The first-order chi connectivity index (χ1) is 21.8. The first-order valence-electron chi connectivity index (χ1n) is 18.4. The highest BCUT2D eigenvalue weighted by Gasteiger charge is 2.44. The molecule has 2 unspecified atom stereocenters. The molecule has 6 N–H and O–H groups in total. The molecule has 0 aromatic carbocycles. The van der Waals surface area contributed by atoms with Crippen molar-refractivity contribution in [3.63, 3.8) is 0 Å². The monoisotopic (exact) mass is 644 g/mol. The summed E-state index contributed by atoms with van der Waals surface area (Å²) in [5, 5.41) is 53.7. The topological polar surface area (TPSA) is 149 Å². The van der Waals surface area contributed by atoms with Crippen LogP contribution in [0.2, 0.25) is 0 Å². The molecule has 0 aromatic heterocycles. The number of allylic oxidation sites excluding steroid dienone is 1. The van der Waals surface area contributed by atoms with Gasteiger partial charge >= 0.3 is 0 Å². The zero-order valence-electron chi connectivity index (χ0n) is 28.6. The van der Waals surface area contributed by atoms with Crippen molar-refractivity contribution in [1.82, 2.24) is 5.32 Å². The number of carbonyl (C=O) groups is 1. The standard InChI is InChI=1S/C36H69NO8/c1-3-5-7-9-11-13-15-17-19-21-23-25-30(39)29(28-44-36-35(43)34(42)33(41)31(27-38)45-36)37-32(40)26-24-22-20-18-16-14-12-10-8-6-4-2/h23,25,29-31,33-36,38-39,41-43H,3-22,24,26-28H2,1-2H3,(H,37,40)/b25-23+/t29-,30+,31+,33-,34?,35?,36+/m0/s1. The first-order valence-corrected chi connectivity index (χ1v) is 18.4. The lowest BCUT2D eigenvalue weighted by Gasteiger charge is -2.40. The highest BCUT2D eigenvalue weighted by molar-refractivity contribution is 5.76. The summed E-state index contributed by atoms with van der Waals surface area (Å²) in [5.74, 6) is -0.181. The fourth-order valence-electron chi connectivity index (χ4n) is 5.80. The fraction of sp³-hybridized carbons (Fsp3) is 0.917. The van der Waals surface area contributed by atoms with Crippen LogP contribution in [0.15, 0.2) is 12.2 Å². The Morgan fingerprint density at radius 2 is 1.22 bits per heavy atom. The number of hydrogen-bond acceptors (Lipinski definition) is 8. The third-order valence-corrected chi connectivity index (χ3v) is 8.86. The van der Waals surface area contributed by atoms with Gasteiger partial charge in [0.15, 0.2) is 6.29 Å². The van der Waals surface area contributed by atoms with Gasteiger partial charge in [0.05, 0.1) is 25.4 Å². The zero-order valence-corrected chi connectivity index (χ0v) is 28.6.